The predicted molar refractivity (Wildman–Crippen MR) is 173 cm³/mol. The van der Waals surface area contributed by atoms with E-state index in [9.17, 15) is 23.2 Å². The number of hydrogen-bond acceptors (Lipinski definition) is 7. The lowest BCUT2D eigenvalue weighted by Gasteiger charge is -2.38. The average Bonchev–Trinajstić information content (AvgIpc) is 3.77. The molecule has 6 rings (SSSR count). The molecule has 0 unspecified atom stereocenters. The van der Waals surface area contributed by atoms with E-state index in [1.54, 1.807) is 15.8 Å². The van der Waals surface area contributed by atoms with Gasteiger partial charge in [-0.1, -0.05) is 49.0 Å². The second-order valence-corrected chi connectivity index (χ2v) is 11.6. The lowest BCUT2D eigenvalue weighted by molar-refractivity contribution is -0.121. The van der Waals surface area contributed by atoms with Crippen LogP contribution in [0.2, 0.25) is 0 Å². The molecule has 1 fully saturated rings. The topological polar surface area (TPSA) is 127 Å². The summed E-state index contributed by atoms with van der Waals surface area (Å²) in [6.45, 7) is 6.51. The molecule has 250 valence electrons. The van der Waals surface area contributed by atoms with Gasteiger partial charge in [-0.25, -0.2) is 9.36 Å². The molecule has 2 atom stereocenters. The van der Waals surface area contributed by atoms with Crippen LogP contribution in [0, 0.1) is 0 Å². The number of alkyl halides is 2. The lowest BCUT2D eigenvalue weighted by atomic mass is 9.82. The van der Waals surface area contributed by atoms with Crippen molar-refractivity contribution >= 4 is 23.5 Å². The standard InChI is InChI=1S/C34H36F2N8O4/c1-3-42-32-26(20-38-44(32)25-10-5-4-6-11-25)28(29(33(42)47)39-31(46)27-12-13-43(40-27)34(35)36)24-9-7-8-23(18-24)19-37-30(45)22(2)21-41-14-16-48-17-15-41/h4-13,18,20,28-29,34H,2-3,14-17,19,21H2,1H3,(H,37,45)(H,39,46)/t28-,29+/m1/s1. The van der Waals surface area contributed by atoms with Gasteiger partial charge >= 0.3 is 6.55 Å². The summed E-state index contributed by atoms with van der Waals surface area (Å²) < 4.78 is 33.9. The van der Waals surface area contributed by atoms with Crippen LogP contribution >= 0.6 is 0 Å². The number of hydrogen-bond donors (Lipinski definition) is 2. The molecule has 0 aliphatic carbocycles. The highest BCUT2D eigenvalue weighted by molar-refractivity contribution is 6.04. The van der Waals surface area contributed by atoms with Gasteiger partial charge in [0.05, 0.1) is 25.1 Å². The van der Waals surface area contributed by atoms with E-state index in [1.165, 1.54) is 6.07 Å². The van der Waals surface area contributed by atoms with Gasteiger partial charge in [0.15, 0.2) is 0 Å². The van der Waals surface area contributed by atoms with Crippen molar-refractivity contribution < 1.29 is 27.9 Å². The second kappa shape index (κ2) is 14.3. The van der Waals surface area contributed by atoms with Gasteiger partial charge in [-0.2, -0.15) is 19.0 Å². The van der Waals surface area contributed by atoms with E-state index in [-0.39, 0.29) is 24.7 Å². The third-order valence-electron chi connectivity index (χ3n) is 8.47. The number of amides is 3. The van der Waals surface area contributed by atoms with E-state index in [0.717, 1.165) is 30.5 Å². The number of nitrogens with zero attached hydrogens (tertiary/aromatic N) is 6. The van der Waals surface area contributed by atoms with Crippen LogP contribution in [0.5, 0.6) is 0 Å². The number of nitrogens with one attached hydrogen (secondary N) is 2. The zero-order valence-electron chi connectivity index (χ0n) is 26.4. The van der Waals surface area contributed by atoms with Crippen molar-refractivity contribution in [2.75, 3.05) is 44.3 Å². The number of carbonyl (C=O) groups excluding carboxylic acids is 3. The van der Waals surface area contributed by atoms with E-state index in [0.29, 0.717) is 47.0 Å². The minimum atomic E-state index is -2.92. The van der Waals surface area contributed by atoms with Gasteiger partial charge in [0.25, 0.3) is 11.8 Å². The van der Waals surface area contributed by atoms with Gasteiger partial charge in [-0.05, 0) is 36.2 Å². The van der Waals surface area contributed by atoms with Crippen LogP contribution < -0.4 is 15.5 Å². The van der Waals surface area contributed by atoms with Crippen molar-refractivity contribution in [2.24, 2.45) is 0 Å². The SMILES string of the molecule is C=C(CN1CCOCC1)C(=O)NCc1cccc([C@@H]2c3cnn(-c4ccccc4)c3N(CC)C(=O)[C@H]2NC(=O)c2ccn(C(F)F)n2)c1. The summed E-state index contributed by atoms with van der Waals surface area (Å²) in [6, 6.07) is 16.8. The van der Waals surface area contributed by atoms with Crippen LogP contribution in [0.3, 0.4) is 0 Å². The molecule has 2 aromatic carbocycles. The number of ether oxygens (including phenoxy) is 1. The van der Waals surface area contributed by atoms with E-state index < -0.39 is 30.3 Å². The van der Waals surface area contributed by atoms with Crippen molar-refractivity contribution in [1.29, 1.82) is 0 Å². The number of benzene rings is 2. The molecule has 4 heterocycles. The molecular formula is C34H36F2N8O4. The van der Waals surface area contributed by atoms with Gasteiger partial charge in [-0.15, -0.1) is 0 Å². The highest BCUT2D eigenvalue weighted by Gasteiger charge is 2.44. The third-order valence-corrected chi connectivity index (χ3v) is 8.47. The molecule has 3 amide bonds. The first-order chi connectivity index (χ1) is 23.2. The number of para-hydroxylation sites is 1. The Morgan fingerprint density at radius 3 is 2.56 bits per heavy atom. The molecule has 12 nitrogen and oxygen atoms in total. The molecule has 4 aromatic rings. The maximum Gasteiger partial charge on any atom is 0.333 e. The van der Waals surface area contributed by atoms with Crippen molar-refractivity contribution in [3.05, 3.63) is 108 Å². The number of likely N-dealkylation sites (N-methyl/N-ethyl adjacent to an activating group) is 1. The van der Waals surface area contributed by atoms with Gasteiger partial charge in [-0.3, -0.25) is 24.2 Å². The molecule has 0 spiro atoms. The number of rotatable bonds is 11. The second-order valence-electron chi connectivity index (χ2n) is 11.6. The Morgan fingerprint density at radius 1 is 1.08 bits per heavy atom. The molecule has 2 aromatic heterocycles. The fraction of sp³-hybridized carbons (Fsp3) is 0.324. The summed E-state index contributed by atoms with van der Waals surface area (Å²) in [6.07, 6.45) is 2.68. The Kier molecular flexibility index (Phi) is 9.73. The summed E-state index contributed by atoms with van der Waals surface area (Å²) in [7, 11) is 0. The Hall–Kier alpha value is -5.21. The molecular weight excluding hydrogens is 622 g/mol. The zero-order valence-corrected chi connectivity index (χ0v) is 26.4. The largest absolute Gasteiger partial charge is 0.379 e. The number of morpholine rings is 1. The first-order valence-electron chi connectivity index (χ1n) is 15.7. The van der Waals surface area contributed by atoms with Gasteiger partial charge in [0.2, 0.25) is 5.91 Å². The molecule has 2 aliphatic rings. The number of fused-ring (bicyclic) bond motifs is 1. The molecule has 0 bridgehead atoms. The quantitative estimate of drug-likeness (QED) is 0.237. The first kappa shape index (κ1) is 32.7. The average molecular weight is 659 g/mol. The summed E-state index contributed by atoms with van der Waals surface area (Å²) in [5, 5.41) is 14.1. The Balaban J connectivity index is 1.31. The number of anilines is 1. The minimum Gasteiger partial charge on any atom is -0.379 e. The molecule has 2 aliphatic heterocycles. The normalized spacial score (nSPS) is 18.1. The molecule has 14 heteroatoms. The minimum absolute atomic E-state index is 0.203. The van der Waals surface area contributed by atoms with Crippen molar-refractivity contribution in [2.45, 2.75) is 32.0 Å². The number of halogens is 2. The molecule has 48 heavy (non-hydrogen) atoms. The summed E-state index contributed by atoms with van der Waals surface area (Å²) in [5.74, 6) is -1.58. The maximum atomic E-state index is 14.2. The van der Waals surface area contributed by atoms with Crippen LogP contribution in [0.4, 0.5) is 14.6 Å². The van der Waals surface area contributed by atoms with E-state index in [2.05, 4.69) is 32.3 Å². The van der Waals surface area contributed by atoms with Gasteiger partial charge < -0.3 is 15.4 Å². The highest BCUT2D eigenvalue weighted by Crippen LogP contribution is 2.41. The van der Waals surface area contributed by atoms with Crippen LogP contribution in [-0.2, 0) is 20.9 Å². The lowest BCUT2D eigenvalue weighted by Crippen LogP contribution is -2.55. The summed E-state index contributed by atoms with van der Waals surface area (Å²) >= 11 is 0. The summed E-state index contributed by atoms with van der Waals surface area (Å²) in [4.78, 5) is 44.2. The number of aromatic nitrogens is 4. The van der Waals surface area contributed by atoms with E-state index in [4.69, 9.17) is 4.74 Å². The van der Waals surface area contributed by atoms with Crippen LogP contribution in [0.1, 0.15) is 46.6 Å². The van der Waals surface area contributed by atoms with Crippen molar-refractivity contribution in [3.8, 4) is 5.69 Å². The van der Waals surface area contributed by atoms with Crippen LogP contribution in [0.25, 0.3) is 5.69 Å². The summed E-state index contributed by atoms with van der Waals surface area (Å²) in [5.41, 5.74) is 3.09. The fourth-order valence-electron chi connectivity index (χ4n) is 6.11. The fourth-order valence-corrected chi connectivity index (χ4v) is 6.11. The Labute approximate surface area is 276 Å². The molecule has 2 N–H and O–H groups in total. The predicted octanol–water partition coefficient (Wildman–Crippen LogP) is 3.27. The van der Waals surface area contributed by atoms with E-state index >= 15 is 0 Å². The Morgan fingerprint density at radius 2 is 1.85 bits per heavy atom. The van der Waals surface area contributed by atoms with Crippen molar-refractivity contribution in [3.63, 3.8) is 0 Å². The molecule has 0 radical (unpaired) electrons. The van der Waals surface area contributed by atoms with E-state index in [1.807, 2.05) is 61.5 Å². The highest BCUT2D eigenvalue weighted by atomic mass is 19.3. The Bertz CT molecular complexity index is 1800. The van der Waals surface area contributed by atoms with Crippen molar-refractivity contribution in [1.82, 2.24) is 35.1 Å². The number of carbonyl (C=O) groups is 3. The maximum absolute atomic E-state index is 14.2. The third kappa shape index (κ3) is 6.75. The molecule has 0 saturated carbocycles. The molecule has 1 saturated heterocycles. The van der Waals surface area contributed by atoms with Crippen LogP contribution in [-0.4, -0.2) is 87.6 Å². The smallest absolute Gasteiger partial charge is 0.333 e. The first-order valence-corrected chi connectivity index (χ1v) is 15.7. The van der Waals surface area contributed by atoms with Crippen LogP contribution in [0.15, 0.2) is 85.2 Å². The zero-order chi connectivity index (χ0) is 33.8. The van der Waals surface area contributed by atoms with Gasteiger partial charge in [0.1, 0.15) is 17.6 Å². The monoisotopic (exact) mass is 658 g/mol. The van der Waals surface area contributed by atoms with Gasteiger partial charge in [0, 0.05) is 56.0 Å².